The van der Waals surface area contributed by atoms with Gasteiger partial charge in [-0.2, -0.15) is 0 Å². The van der Waals surface area contributed by atoms with E-state index in [1.54, 1.807) is 13.2 Å². The summed E-state index contributed by atoms with van der Waals surface area (Å²) in [6, 6.07) is 3.59. The van der Waals surface area contributed by atoms with E-state index >= 15 is 0 Å². The molecule has 0 saturated carbocycles. The van der Waals surface area contributed by atoms with Gasteiger partial charge in [-0.25, -0.2) is 0 Å². The molecule has 1 aromatic rings. The minimum absolute atomic E-state index is 0.391. The van der Waals surface area contributed by atoms with Crippen molar-refractivity contribution in [2.75, 3.05) is 13.7 Å². The zero-order valence-electron chi connectivity index (χ0n) is 11.9. The monoisotopic (exact) mass is 285 g/mol. The van der Waals surface area contributed by atoms with Gasteiger partial charge in [-0.15, -0.1) is 0 Å². The molecule has 108 valence electrons. The second-order valence-electron chi connectivity index (χ2n) is 4.56. The lowest BCUT2D eigenvalue weighted by atomic mass is 10.1. The Hall–Kier alpha value is -0.930. The van der Waals surface area contributed by atoms with E-state index in [1.165, 1.54) is 25.7 Å². The van der Waals surface area contributed by atoms with Gasteiger partial charge < -0.3 is 15.2 Å². The zero-order chi connectivity index (χ0) is 14.1. The van der Waals surface area contributed by atoms with Crippen LogP contribution in [0.25, 0.3) is 0 Å². The van der Waals surface area contributed by atoms with Gasteiger partial charge in [-0.05, 0) is 12.5 Å². The van der Waals surface area contributed by atoms with Crippen molar-refractivity contribution < 1.29 is 9.47 Å². The van der Waals surface area contributed by atoms with Crippen LogP contribution in [0.3, 0.4) is 0 Å². The average molecular weight is 286 g/mol. The normalized spacial score (nSPS) is 10.5. The zero-order valence-corrected chi connectivity index (χ0v) is 12.6. The molecule has 19 heavy (non-hydrogen) atoms. The molecule has 1 rings (SSSR count). The molecule has 0 aliphatic heterocycles. The van der Waals surface area contributed by atoms with E-state index in [4.69, 9.17) is 26.8 Å². The van der Waals surface area contributed by atoms with Gasteiger partial charge in [0.25, 0.3) is 0 Å². The SMILES string of the molecule is CCCCCCCOc1c(CN)cc(Cl)cc1OC. The van der Waals surface area contributed by atoms with Crippen molar-refractivity contribution in [3.05, 3.63) is 22.7 Å². The molecule has 0 heterocycles. The number of halogens is 1. The number of hydrogen-bond donors (Lipinski definition) is 1. The smallest absolute Gasteiger partial charge is 0.165 e. The van der Waals surface area contributed by atoms with Gasteiger partial charge in [0.15, 0.2) is 11.5 Å². The van der Waals surface area contributed by atoms with Gasteiger partial charge >= 0.3 is 0 Å². The molecule has 0 unspecified atom stereocenters. The minimum atomic E-state index is 0.391. The van der Waals surface area contributed by atoms with Crippen molar-refractivity contribution in [2.24, 2.45) is 5.73 Å². The molecule has 4 heteroatoms. The molecule has 0 aliphatic carbocycles. The van der Waals surface area contributed by atoms with Gasteiger partial charge in [0.05, 0.1) is 13.7 Å². The summed E-state index contributed by atoms with van der Waals surface area (Å²) >= 11 is 6.01. The van der Waals surface area contributed by atoms with Gasteiger partial charge in [-0.1, -0.05) is 44.2 Å². The van der Waals surface area contributed by atoms with Crippen LogP contribution in [0, 0.1) is 0 Å². The van der Waals surface area contributed by atoms with Crippen molar-refractivity contribution in [3.8, 4) is 11.5 Å². The first-order valence-electron chi connectivity index (χ1n) is 6.92. The highest BCUT2D eigenvalue weighted by molar-refractivity contribution is 6.30. The van der Waals surface area contributed by atoms with Gasteiger partial charge in [0.2, 0.25) is 0 Å². The molecule has 0 amide bonds. The average Bonchev–Trinajstić information content (AvgIpc) is 2.43. The lowest BCUT2D eigenvalue weighted by Crippen LogP contribution is -2.05. The van der Waals surface area contributed by atoms with E-state index in [-0.39, 0.29) is 0 Å². The van der Waals surface area contributed by atoms with E-state index in [0.717, 1.165) is 17.7 Å². The molecule has 0 atom stereocenters. The summed E-state index contributed by atoms with van der Waals surface area (Å²) in [5.74, 6) is 1.38. The van der Waals surface area contributed by atoms with E-state index < -0.39 is 0 Å². The first-order chi connectivity index (χ1) is 9.22. The van der Waals surface area contributed by atoms with E-state index in [1.807, 2.05) is 6.07 Å². The van der Waals surface area contributed by atoms with Crippen LogP contribution in [-0.4, -0.2) is 13.7 Å². The summed E-state index contributed by atoms with van der Waals surface area (Å²) in [7, 11) is 1.61. The van der Waals surface area contributed by atoms with Crippen LogP contribution >= 0.6 is 11.6 Å². The van der Waals surface area contributed by atoms with Crippen molar-refractivity contribution in [2.45, 2.75) is 45.6 Å². The Morgan fingerprint density at radius 1 is 1.16 bits per heavy atom. The number of hydrogen-bond acceptors (Lipinski definition) is 3. The van der Waals surface area contributed by atoms with Crippen LogP contribution in [0.15, 0.2) is 12.1 Å². The van der Waals surface area contributed by atoms with Crippen LogP contribution in [-0.2, 0) is 6.54 Å². The lowest BCUT2D eigenvalue weighted by Gasteiger charge is -2.15. The third-order valence-electron chi connectivity index (χ3n) is 3.03. The Balaban J connectivity index is 2.56. The summed E-state index contributed by atoms with van der Waals surface area (Å²) in [5, 5.41) is 0.618. The van der Waals surface area contributed by atoms with Crippen molar-refractivity contribution in [1.82, 2.24) is 0 Å². The maximum atomic E-state index is 6.01. The molecular weight excluding hydrogens is 262 g/mol. The van der Waals surface area contributed by atoms with Gasteiger partial charge in [-0.3, -0.25) is 0 Å². The maximum Gasteiger partial charge on any atom is 0.165 e. The Morgan fingerprint density at radius 2 is 1.89 bits per heavy atom. The highest BCUT2D eigenvalue weighted by atomic mass is 35.5. The predicted molar refractivity (Wildman–Crippen MR) is 80.1 cm³/mol. The van der Waals surface area contributed by atoms with Crippen molar-refractivity contribution in [1.29, 1.82) is 0 Å². The van der Waals surface area contributed by atoms with E-state index in [9.17, 15) is 0 Å². The minimum Gasteiger partial charge on any atom is -0.493 e. The van der Waals surface area contributed by atoms with Gasteiger partial charge in [0.1, 0.15) is 0 Å². The quantitative estimate of drug-likeness (QED) is 0.693. The Labute approximate surface area is 121 Å². The number of nitrogens with two attached hydrogens (primary N) is 1. The maximum absolute atomic E-state index is 6.01. The Kier molecular flexibility index (Phi) is 7.68. The molecule has 3 nitrogen and oxygen atoms in total. The fourth-order valence-electron chi connectivity index (χ4n) is 1.97. The number of unbranched alkanes of at least 4 members (excludes halogenated alkanes) is 4. The summed E-state index contributed by atoms with van der Waals surface area (Å²) in [4.78, 5) is 0. The van der Waals surface area contributed by atoms with Crippen molar-refractivity contribution in [3.63, 3.8) is 0 Å². The molecule has 0 aromatic heterocycles. The van der Waals surface area contributed by atoms with Crippen LogP contribution in [0.1, 0.15) is 44.6 Å². The van der Waals surface area contributed by atoms with Crippen LogP contribution in [0.2, 0.25) is 5.02 Å². The number of methoxy groups -OCH3 is 1. The molecule has 0 fully saturated rings. The van der Waals surface area contributed by atoms with E-state index in [0.29, 0.717) is 23.9 Å². The third-order valence-corrected chi connectivity index (χ3v) is 3.25. The number of benzene rings is 1. The molecule has 0 bridgehead atoms. The van der Waals surface area contributed by atoms with E-state index in [2.05, 4.69) is 6.92 Å². The molecule has 2 N–H and O–H groups in total. The highest BCUT2D eigenvalue weighted by Gasteiger charge is 2.11. The predicted octanol–water partition coefficient (Wildman–Crippen LogP) is 4.16. The van der Waals surface area contributed by atoms with Crippen LogP contribution < -0.4 is 15.2 Å². The fourth-order valence-corrected chi connectivity index (χ4v) is 2.20. The first kappa shape index (κ1) is 16.1. The summed E-state index contributed by atoms with van der Waals surface area (Å²) in [6.07, 6.45) is 6.06. The molecule has 0 aliphatic rings. The molecule has 0 saturated heterocycles. The Bertz CT molecular complexity index is 357. The largest absolute Gasteiger partial charge is 0.493 e. The topological polar surface area (TPSA) is 44.5 Å². The molecular formula is C15H24ClNO2. The second kappa shape index (κ2) is 9.05. The van der Waals surface area contributed by atoms with Crippen LogP contribution in [0.5, 0.6) is 11.5 Å². The molecule has 1 aromatic carbocycles. The third kappa shape index (κ3) is 5.29. The fraction of sp³-hybridized carbons (Fsp3) is 0.600. The molecule has 0 spiro atoms. The summed E-state index contributed by atoms with van der Waals surface area (Å²) < 4.78 is 11.1. The first-order valence-corrected chi connectivity index (χ1v) is 7.30. The van der Waals surface area contributed by atoms with Gasteiger partial charge in [0, 0.05) is 23.2 Å². The lowest BCUT2D eigenvalue weighted by molar-refractivity contribution is 0.282. The summed E-state index contributed by atoms with van der Waals surface area (Å²) in [5.41, 5.74) is 6.61. The Morgan fingerprint density at radius 3 is 2.53 bits per heavy atom. The number of rotatable bonds is 9. The molecule has 0 radical (unpaired) electrons. The second-order valence-corrected chi connectivity index (χ2v) is 5.00. The standard InChI is InChI=1S/C15H24ClNO2/c1-3-4-5-6-7-8-19-15-12(11-17)9-13(16)10-14(15)18-2/h9-10H,3-8,11,17H2,1-2H3. The highest BCUT2D eigenvalue weighted by Crippen LogP contribution is 2.34. The number of ether oxygens (including phenoxy) is 2. The van der Waals surface area contributed by atoms with Crippen molar-refractivity contribution >= 4 is 11.6 Å². The van der Waals surface area contributed by atoms with Crippen LogP contribution in [0.4, 0.5) is 0 Å². The summed E-state index contributed by atoms with van der Waals surface area (Å²) in [6.45, 7) is 3.29.